The second kappa shape index (κ2) is 5.42. The second-order valence-electron chi connectivity index (χ2n) is 3.59. The number of anilines is 1. The maximum atomic E-state index is 12.4. The molecule has 0 aliphatic rings. The van der Waals surface area contributed by atoms with Gasteiger partial charge in [-0.05, 0) is 31.2 Å². The van der Waals surface area contributed by atoms with Crippen LogP contribution < -0.4 is 10.5 Å². The quantitative estimate of drug-likeness (QED) is 0.688. The Bertz CT molecular complexity index is 580. The van der Waals surface area contributed by atoms with Crippen molar-refractivity contribution in [1.82, 2.24) is 0 Å². The minimum atomic E-state index is -0.159. The van der Waals surface area contributed by atoms with Gasteiger partial charge in [0.25, 0.3) is 0 Å². The van der Waals surface area contributed by atoms with Crippen LogP contribution in [0.1, 0.15) is 22.2 Å². The topological polar surface area (TPSA) is 52.3 Å². The van der Waals surface area contributed by atoms with E-state index >= 15 is 0 Å². The largest absolute Gasteiger partial charge is 0.493 e. The summed E-state index contributed by atoms with van der Waals surface area (Å²) in [7, 11) is 0. The molecule has 1 heterocycles. The predicted molar refractivity (Wildman–Crippen MR) is 74.8 cm³/mol. The molecular formula is C13H12ClNO2S. The standard InChI is InChI=1S/C13H12ClNO2S/c1-2-17-9-5-3-4-8(15)12(9)13(16)10-6-7-11(14)18-10/h3-7H,2,15H2,1H3. The first-order valence-electron chi connectivity index (χ1n) is 5.44. The van der Waals surface area contributed by atoms with Gasteiger partial charge in [-0.1, -0.05) is 17.7 Å². The van der Waals surface area contributed by atoms with E-state index in [1.54, 1.807) is 30.3 Å². The highest BCUT2D eigenvalue weighted by atomic mass is 35.5. The number of rotatable bonds is 4. The van der Waals surface area contributed by atoms with Crippen LogP contribution in [0.25, 0.3) is 0 Å². The van der Waals surface area contributed by atoms with Gasteiger partial charge >= 0.3 is 0 Å². The summed E-state index contributed by atoms with van der Waals surface area (Å²) in [6.07, 6.45) is 0. The summed E-state index contributed by atoms with van der Waals surface area (Å²) in [5, 5.41) is 0. The van der Waals surface area contributed by atoms with Crippen molar-refractivity contribution >= 4 is 34.4 Å². The number of benzene rings is 1. The fourth-order valence-corrected chi connectivity index (χ4v) is 2.62. The molecule has 0 aliphatic carbocycles. The van der Waals surface area contributed by atoms with E-state index in [0.717, 1.165) is 0 Å². The number of nitrogen functional groups attached to an aromatic ring is 1. The average molecular weight is 282 g/mol. The monoisotopic (exact) mass is 281 g/mol. The van der Waals surface area contributed by atoms with Crippen LogP contribution in [0.15, 0.2) is 30.3 Å². The Hall–Kier alpha value is -1.52. The van der Waals surface area contributed by atoms with Crippen molar-refractivity contribution in [3.05, 3.63) is 45.1 Å². The van der Waals surface area contributed by atoms with E-state index in [1.165, 1.54) is 11.3 Å². The van der Waals surface area contributed by atoms with E-state index in [1.807, 2.05) is 6.92 Å². The van der Waals surface area contributed by atoms with Gasteiger partial charge in [-0.15, -0.1) is 11.3 Å². The molecule has 2 aromatic rings. The Morgan fingerprint density at radius 3 is 2.78 bits per heavy atom. The van der Waals surface area contributed by atoms with Gasteiger partial charge < -0.3 is 10.5 Å². The van der Waals surface area contributed by atoms with Gasteiger partial charge in [0.05, 0.1) is 21.4 Å². The smallest absolute Gasteiger partial charge is 0.208 e. The highest BCUT2D eigenvalue weighted by molar-refractivity contribution is 7.18. The summed E-state index contributed by atoms with van der Waals surface area (Å²) in [5.74, 6) is 0.348. The molecule has 18 heavy (non-hydrogen) atoms. The van der Waals surface area contributed by atoms with Gasteiger partial charge in [-0.3, -0.25) is 4.79 Å². The number of hydrogen-bond acceptors (Lipinski definition) is 4. The van der Waals surface area contributed by atoms with Crippen LogP contribution in [-0.2, 0) is 0 Å². The van der Waals surface area contributed by atoms with Crippen LogP contribution in [0.4, 0.5) is 5.69 Å². The molecule has 0 fully saturated rings. The Kier molecular flexibility index (Phi) is 3.89. The second-order valence-corrected chi connectivity index (χ2v) is 5.30. The molecule has 1 aromatic carbocycles. The number of nitrogens with two attached hydrogens (primary N) is 1. The van der Waals surface area contributed by atoms with Gasteiger partial charge in [0.2, 0.25) is 5.78 Å². The van der Waals surface area contributed by atoms with E-state index < -0.39 is 0 Å². The van der Waals surface area contributed by atoms with Gasteiger partial charge in [0.15, 0.2) is 0 Å². The molecular weight excluding hydrogens is 270 g/mol. The third-order valence-electron chi connectivity index (χ3n) is 2.38. The van der Waals surface area contributed by atoms with Gasteiger partial charge in [0.1, 0.15) is 5.75 Å². The fraction of sp³-hybridized carbons (Fsp3) is 0.154. The molecule has 0 bridgehead atoms. The Labute approximate surface area is 114 Å². The number of ketones is 1. The molecule has 0 saturated heterocycles. The fourth-order valence-electron chi connectivity index (χ4n) is 1.63. The van der Waals surface area contributed by atoms with Crippen LogP contribution in [0.3, 0.4) is 0 Å². The van der Waals surface area contributed by atoms with Gasteiger partial charge in [-0.2, -0.15) is 0 Å². The number of hydrogen-bond donors (Lipinski definition) is 1. The summed E-state index contributed by atoms with van der Waals surface area (Å²) in [4.78, 5) is 12.9. The van der Waals surface area contributed by atoms with Crippen LogP contribution in [0, 0.1) is 0 Å². The molecule has 0 radical (unpaired) electrons. The summed E-state index contributed by atoms with van der Waals surface area (Å²) >= 11 is 7.07. The van der Waals surface area contributed by atoms with Crippen LogP contribution >= 0.6 is 22.9 Å². The molecule has 0 atom stereocenters. The van der Waals surface area contributed by atoms with E-state index in [2.05, 4.69) is 0 Å². The van der Waals surface area contributed by atoms with Gasteiger partial charge in [0, 0.05) is 5.69 Å². The summed E-state index contributed by atoms with van der Waals surface area (Å²) in [6, 6.07) is 8.57. The summed E-state index contributed by atoms with van der Waals surface area (Å²) in [6.45, 7) is 2.34. The van der Waals surface area contributed by atoms with Crippen molar-refractivity contribution in [2.24, 2.45) is 0 Å². The van der Waals surface area contributed by atoms with Crippen molar-refractivity contribution in [3.63, 3.8) is 0 Å². The number of carbonyl (C=O) groups is 1. The molecule has 0 aliphatic heterocycles. The Balaban J connectivity index is 2.46. The lowest BCUT2D eigenvalue weighted by molar-refractivity contribution is 0.104. The predicted octanol–water partition coefficient (Wildman–Crippen LogP) is 3.61. The molecule has 0 amide bonds. The molecule has 0 saturated carbocycles. The highest BCUT2D eigenvalue weighted by Crippen LogP contribution is 2.31. The maximum Gasteiger partial charge on any atom is 0.208 e. The van der Waals surface area contributed by atoms with E-state index in [9.17, 15) is 4.79 Å². The van der Waals surface area contributed by atoms with Crippen LogP contribution in [-0.4, -0.2) is 12.4 Å². The van der Waals surface area contributed by atoms with Gasteiger partial charge in [-0.25, -0.2) is 0 Å². The minimum Gasteiger partial charge on any atom is -0.493 e. The van der Waals surface area contributed by atoms with Crippen molar-refractivity contribution in [1.29, 1.82) is 0 Å². The van der Waals surface area contributed by atoms with Crippen molar-refractivity contribution in [2.45, 2.75) is 6.92 Å². The molecule has 1 aromatic heterocycles. The van der Waals surface area contributed by atoms with Crippen LogP contribution in [0.2, 0.25) is 4.34 Å². The van der Waals surface area contributed by atoms with E-state index in [-0.39, 0.29) is 5.78 Å². The van der Waals surface area contributed by atoms with Crippen molar-refractivity contribution < 1.29 is 9.53 Å². The van der Waals surface area contributed by atoms with Crippen LogP contribution in [0.5, 0.6) is 5.75 Å². The third-order valence-corrected chi connectivity index (χ3v) is 3.61. The summed E-state index contributed by atoms with van der Waals surface area (Å²) in [5.41, 5.74) is 6.68. The Morgan fingerprint density at radius 2 is 2.17 bits per heavy atom. The number of carbonyl (C=O) groups excluding carboxylic acids is 1. The van der Waals surface area contributed by atoms with Crippen molar-refractivity contribution in [2.75, 3.05) is 12.3 Å². The first-order chi connectivity index (χ1) is 8.63. The number of thiophene rings is 1. The zero-order chi connectivity index (χ0) is 13.1. The minimum absolute atomic E-state index is 0.159. The van der Waals surface area contributed by atoms with E-state index in [4.69, 9.17) is 22.1 Å². The molecule has 5 heteroatoms. The molecule has 2 rings (SSSR count). The lowest BCUT2D eigenvalue weighted by Crippen LogP contribution is -2.07. The maximum absolute atomic E-state index is 12.4. The lowest BCUT2D eigenvalue weighted by atomic mass is 10.1. The zero-order valence-corrected chi connectivity index (χ0v) is 11.3. The molecule has 3 nitrogen and oxygen atoms in total. The molecule has 0 spiro atoms. The molecule has 0 unspecified atom stereocenters. The SMILES string of the molecule is CCOc1cccc(N)c1C(=O)c1ccc(Cl)s1. The first kappa shape index (κ1) is 12.9. The Morgan fingerprint density at radius 1 is 1.39 bits per heavy atom. The normalized spacial score (nSPS) is 10.3. The number of halogens is 1. The van der Waals surface area contributed by atoms with E-state index in [0.29, 0.717) is 32.8 Å². The first-order valence-corrected chi connectivity index (χ1v) is 6.64. The van der Waals surface area contributed by atoms with Crippen molar-refractivity contribution in [3.8, 4) is 5.75 Å². The molecule has 2 N–H and O–H groups in total. The highest BCUT2D eigenvalue weighted by Gasteiger charge is 2.19. The number of ether oxygens (including phenoxy) is 1. The third kappa shape index (κ3) is 2.49. The average Bonchev–Trinajstić information content (AvgIpc) is 2.76. The zero-order valence-electron chi connectivity index (χ0n) is 9.77. The molecule has 94 valence electrons. The summed E-state index contributed by atoms with van der Waals surface area (Å²) < 4.78 is 6.01. The lowest BCUT2D eigenvalue weighted by Gasteiger charge is -2.10.